The highest BCUT2D eigenvalue weighted by molar-refractivity contribution is 5.96. The Morgan fingerprint density at radius 1 is 1.47 bits per heavy atom. The normalized spacial score (nSPS) is 16.9. The van der Waals surface area contributed by atoms with Crippen LogP contribution in [0.25, 0.3) is 0 Å². The number of nitrogens with zero attached hydrogens (tertiary/aromatic N) is 1. The molecule has 0 heterocycles. The monoisotopic (exact) mass is 260 g/mol. The van der Waals surface area contributed by atoms with E-state index in [1.165, 1.54) is 12.1 Å². The Balaban J connectivity index is 2.22. The van der Waals surface area contributed by atoms with Gasteiger partial charge in [-0.3, -0.25) is 4.79 Å². The average molecular weight is 260 g/mol. The van der Waals surface area contributed by atoms with Gasteiger partial charge in [0.2, 0.25) is 5.91 Å². The topological polar surface area (TPSA) is 52.9 Å². The van der Waals surface area contributed by atoms with Crippen LogP contribution in [0.15, 0.2) is 18.2 Å². The van der Waals surface area contributed by atoms with Crippen molar-refractivity contribution in [3.05, 3.63) is 29.6 Å². The van der Waals surface area contributed by atoms with Gasteiger partial charge in [0.05, 0.1) is 11.3 Å². The predicted molar refractivity (Wildman–Crippen MR) is 70.9 cm³/mol. The third kappa shape index (κ3) is 2.60. The smallest absolute Gasteiger partial charge is 0.230 e. The SMILES string of the molecule is CCC1(C(=O)Nc2ccc(F)cc2C#N)CCCC1. The molecule has 2 rings (SSSR count). The molecule has 0 bridgehead atoms. The Labute approximate surface area is 112 Å². The van der Waals surface area contributed by atoms with Crippen LogP contribution in [0.3, 0.4) is 0 Å². The first kappa shape index (κ1) is 13.5. The standard InChI is InChI=1S/C15H17FN2O/c1-2-15(7-3-4-8-15)14(19)18-13-6-5-12(16)9-11(13)10-17/h5-6,9H,2-4,7-8H2,1H3,(H,18,19). The largest absolute Gasteiger partial charge is 0.324 e. The van der Waals surface area contributed by atoms with E-state index in [1.54, 1.807) is 0 Å². The Morgan fingerprint density at radius 2 is 2.16 bits per heavy atom. The Kier molecular flexibility index (Phi) is 3.84. The first-order valence-electron chi connectivity index (χ1n) is 6.62. The maximum Gasteiger partial charge on any atom is 0.230 e. The van der Waals surface area contributed by atoms with Gasteiger partial charge in [-0.2, -0.15) is 5.26 Å². The lowest BCUT2D eigenvalue weighted by molar-refractivity contribution is -0.125. The fraction of sp³-hybridized carbons (Fsp3) is 0.467. The van der Waals surface area contributed by atoms with E-state index in [1.807, 2.05) is 13.0 Å². The number of benzene rings is 1. The van der Waals surface area contributed by atoms with Gasteiger partial charge >= 0.3 is 0 Å². The number of halogens is 1. The lowest BCUT2D eigenvalue weighted by Crippen LogP contribution is -2.33. The minimum Gasteiger partial charge on any atom is -0.324 e. The van der Waals surface area contributed by atoms with Crippen LogP contribution in [-0.4, -0.2) is 5.91 Å². The van der Waals surface area contributed by atoms with Gasteiger partial charge in [-0.15, -0.1) is 0 Å². The summed E-state index contributed by atoms with van der Waals surface area (Å²) in [7, 11) is 0. The number of amides is 1. The molecule has 0 atom stereocenters. The molecule has 0 radical (unpaired) electrons. The fourth-order valence-corrected chi connectivity index (χ4v) is 2.77. The van der Waals surface area contributed by atoms with Crippen LogP contribution in [0.4, 0.5) is 10.1 Å². The van der Waals surface area contributed by atoms with Crippen molar-refractivity contribution < 1.29 is 9.18 Å². The Bertz CT molecular complexity index is 527. The molecule has 1 aliphatic carbocycles. The molecule has 100 valence electrons. The lowest BCUT2D eigenvalue weighted by Gasteiger charge is -2.26. The number of nitriles is 1. The first-order chi connectivity index (χ1) is 9.11. The zero-order chi connectivity index (χ0) is 13.9. The van der Waals surface area contributed by atoms with Gasteiger partial charge in [-0.25, -0.2) is 4.39 Å². The average Bonchev–Trinajstić information content (AvgIpc) is 2.90. The Morgan fingerprint density at radius 3 is 2.74 bits per heavy atom. The van der Waals surface area contributed by atoms with Crippen LogP contribution in [0.5, 0.6) is 0 Å². The maximum atomic E-state index is 13.1. The van der Waals surface area contributed by atoms with Crippen molar-refractivity contribution in [2.75, 3.05) is 5.32 Å². The second-order valence-electron chi connectivity index (χ2n) is 5.10. The number of rotatable bonds is 3. The lowest BCUT2D eigenvalue weighted by atomic mass is 9.82. The maximum absolute atomic E-state index is 13.1. The van der Waals surface area contributed by atoms with Crippen molar-refractivity contribution >= 4 is 11.6 Å². The summed E-state index contributed by atoms with van der Waals surface area (Å²) in [5.41, 5.74) is 0.243. The van der Waals surface area contributed by atoms with Crippen LogP contribution < -0.4 is 5.32 Å². The van der Waals surface area contributed by atoms with Crippen molar-refractivity contribution in [3.8, 4) is 6.07 Å². The van der Waals surface area contributed by atoms with E-state index in [2.05, 4.69) is 5.32 Å². The van der Waals surface area contributed by atoms with Crippen LogP contribution in [-0.2, 0) is 4.79 Å². The molecule has 3 nitrogen and oxygen atoms in total. The van der Waals surface area contributed by atoms with E-state index < -0.39 is 5.82 Å². The fourth-order valence-electron chi connectivity index (χ4n) is 2.77. The molecule has 19 heavy (non-hydrogen) atoms. The van der Waals surface area contributed by atoms with Gasteiger partial charge in [0, 0.05) is 5.41 Å². The summed E-state index contributed by atoms with van der Waals surface area (Å²) in [5.74, 6) is -0.517. The quantitative estimate of drug-likeness (QED) is 0.902. The van der Waals surface area contributed by atoms with E-state index in [9.17, 15) is 9.18 Å². The van der Waals surface area contributed by atoms with E-state index >= 15 is 0 Å². The summed E-state index contributed by atoms with van der Waals surface area (Å²) >= 11 is 0. The van der Waals surface area contributed by atoms with Crippen molar-refractivity contribution in [2.24, 2.45) is 5.41 Å². The molecule has 0 aliphatic heterocycles. The van der Waals surface area contributed by atoms with Gasteiger partial charge in [-0.05, 0) is 37.5 Å². The molecule has 0 unspecified atom stereocenters. The molecule has 0 aromatic heterocycles. The molecule has 1 aromatic rings. The van der Waals surface area contributed by atoms with Crippen molar-refractivity contribution in [3.63, 3.8) is 0 Å². The summed E-state index contributed by atoms with van der Waals surface area (Å²) < 4.78 is 13.1. The molecule has 1 aliphatic rings. The van der Waals surface area contributed by atoms with Gasteiger partial charge in [0.1, 0.15) is 11.9 Å². The molecule has 1 fully saturated rings. The molecule has 1 N–H and O–H groups in total. The van der Waals surface area contributed by atoms with E-state index in [-0.39, 0.29) is 16.9 Å². The van der Waals surface area contributed by atoms with Crippen LogP contribution in [0.1, 0.15) is 44.6 Å². The molecular weight excluding hydrogens is 243 g/mol. The highest BCUT2D eigenvalue weighted by atomic mass is 19.1. The van der Waals surface area contributed by atoms with Crippen LogP contribution >= 0.6 is 0 Å². The number of hydrogen-bond acceptors (Lipinski definition) is 2. The molecule has 1 aromatic carbocycles. The van der Waals surface area contributed by atoms with Gasteiger partial charge < -0.3 is 5.32 Å². The van der Waals surface area contributed by atoms with Gasteiger partial charge in [0.25, 0.3) is 0 Å². The third-order valence-corrected chi connectivity index (χ3v) is 4.07. The third-order valence-electron chi connectivity index (χ3n) is 4.07. The second kappa shape index (κ2) is 5.40. The molecule has 1 amide bonds. The van der Waals surface area contributed by atoms with Gasteiger partial charge in [0.15, 0.2) is 0 Å². The minimum atomic E-state index is -0.472. The zero-order valence-electron chi connectivity index (χ0n) is 11.0. The molecular formula is C15H17FN2O. The van der Waals surface area contributed by atoms with E-state index in [0.29, 0.717) is 5.69 Å². The number of hydrogen-bond donors (Lipinski definition) is 1. The van der Waals surface area contributed by atoms with E-state index in [0.717, 1.165) is 38.2 Å². The van der Waals surface area contributed by atoms with Crippen LogP contribution in [0, 0.1) is 22.6 Å². The van der Waals surface area contributed by atoms with Crippen molar-refractivity contribution in [1.82, 2.24) is 0 Å². The molecule has 0 saturated heterocycles. The number of anilines is 1. The van der Waals surface area contributed by atoms with Gasteiger partial charge in [-0.1, -0.05) is 19.8 Å². The zero-order valence-corrected chi connectivity index (χ0v) is 11.0. The summed E-state index contributed by atoms with van der Waals surface area (Å²) in [5, 5.41) is 11.8. The second-order valence-corrected chi connectivity index (χ2v) is 5.10. The van der Waals surface area contributed by atoms with Crippen molar-refractivity contribution in [1.29, 1.82) is 5.26 Å². The predicted octanol–water partition coefficient (Wildman–Crippen LogP) is 3.61. The Hall–Kier alpha value is -1.89. The van der Waals surface area contributed by atoms with E-state index in [4.69, 9.17) is 5.26 Å². The molecule has 4 heteroatoms. The van der Waals surface area contributed by atoms with Crippen LogP contribution in [0.2, 0.25) is 0 Å². The molecule has 1 saturated carbocycles. The highest BCUT2D eigenvalue weighted by Crippen LogP contribution is 2.42. The highest BCUT2D eigenvalue weighted by Gasteiger charge is 2.39. The number of carbonyl (C=O) groups excluding carboxylic acids is 1. The minimum absolute atomic E-state index is 0.0457. The number of carbonyl (C=O) groups is 1. The molecule has 0 spiro atoms. The first-order valence-corrected chi connectivity index (χ1v) is 6.62. The summed E-state index contributed by atoms with van der Waals surface area (Å²) in [6, 6.07) is 5.75. The summed E-state index contributed by atoms with van der Waals surface area (Å²) in [6.45, 7) is 2.01. The van der Waals surface area contributed by atoms with Crippen molar-refractivity contribution in [2.45, 2.75) is 39.0 Å². The summed E-state index contributed by atoms with van der Waals surface area (Å²) in [6.07, 6.45) is 4.70. The summed E-state index contributed by atoms with van der Waals surface area (Å²) in [4.78, 5) is 12.4. The number of nitrogens with one attached hydrogen (secondary N) is 1.